The molecule has 0 saturated heterocycles. The Bertz CT molecular complexity index is 584. The molecule has 0 aliphatic heterocycles. The number of benzene rings is 1. The predicted molar refractivity (Wildman–Crippen MR) is 83.1 cm³/mol. The van der Waals surface area contributed by atoms with E-state index in [1.807, 2.05) is 24.4 Å². The van der Waals surface area contributed by atoms with Gasteiger partial charge in [0.15, 0.2) is 0 Å². The normalized spacial score (nSPS) is 11.2. The van der Waals surface area contributed by atoms with E-state index in [1.165, 1.54) is 0 Å². The lowest BCUT2D eigenvalue weighted by Crippen LogP contribution is -2.26. The van der Waals surface area contributed by atoms with Gasteiger partial charge in [-0.1, -0.05) is 32.0 Å². The van der Waals surface area contributed by atoms with Crippen LogP contribution in [0.15, 0.2) is 30.5 Å². The number of amides is 1. The molecule has 0 fully saturated rings. The van der Waals surface area contributed by atoms with Crippen molar-refractivity contribution in [3.8, 4) is 0 Å². The zero-order chi connectivity index (χ0) is 14.5. The van der Waals surface area contributed by atoms with Crippen LogP contribution in [0.3, 0.4) is 0 Å². The minimum atomic E-state index is -0.0252. The Hall–Kier alpha value is -1.81. The molecule has 108 valence electrons. The lowest BCUT2D eigenvalue weighted by atomic mass is 10.2. The van der Waals surface area contributed by atoms with Gasteiger partial charge in [0.1, 0.15) is 0 Å². The first kappa shape index (κ1) is 14.6. The third-order valence-electron chi connectivity index (χ3n) is 3.81. The Morgan fingerprint density at radius 1 is 1.25 bits per heavy atom. The maximum atomic E-state index is 12.0. The van der Waals surface area contributed by atoms with Crippen LogP contribution in [-0.2, 0) is 6.54 Å². The summed E-state index contributed by atoms with van der Waals surface area (Å²) < 4.78 is 2.18. The predicted octanol–water partition coefficient (Wildman–Crippen LogP) is 2.34. The van der Waals surface area contributed by atoms with E-state index in [9.17, 15) is 4.79 Å². The zero-order valence-corrected chi connectivity index (χ0v) is 12.5. The Balaban J connectivity index is 2.31. The summed E-state index contributed by atoms with van der Waals surface area (Å²) in [6.07, 6.45) is 1.97. The van der Waals surface area contributed by atoms with Crippen LogP contribution >= 0.6 is 0 Å². The molecule has 4 heteroatoms. The van der Waals surface area contributed by atoms with Gasteiger partial charge >= 0.3 is 0 Å². The van der Waals surface area contributed by atoms with Gasteiger partial charge in [-0.3, -0.25) is 4.79 Å². The molecule has 0 saturated carbocycles. The second-order valence-corrected chi connectivity index (χ2v) is 4.86. The van der Waals surface area contributed by atoms with E-state index in [0.29, 0.717) is 0 Å². The van der Waals surface area contributed by atoms with Crippen LogP contribution in [0, 0.1) is 0 Å². The fourth-order valence-electron chi connectivity index (χ4n) is 2.54. The highest BCUT2D eigenvalue weighted by molar-refractivity contribution is 6.06. The monoisotopic (exact) mass is 273 g/mol. The quantitative estimate of drug-likeness (QED) is 0.877. The summed E-state index contributed by atoms with van der Waals surface area (Å²) in [5.41, 5.74) is 1.88. The molecule has 1 aromatic heterocycles. The molecule has 0 radical (unpaired) electrons. The van der Waals surface area contributed by atoms with Crippen molar-refractivity contribution < 1.29 is 4.79 Å². The van der Waals surface area contributed by atoms with Crippen LogP contribution in [-0.4, -0.2) is 42.1 Å². The number of nitrogens with one attached hydrogen (secondary N) is 1. The number of rotatable bonds is 6. The van der Waals surface area contributed by atoms with E-state index < -0.39 is 0 Å². The molecule has 0 bridgehead atoms. The highest BCUT2D eigenvalue weighted by Gasteiger charge is 2.13. The molecule has 0 atom stereocenters. The highest BCUT2D eigenvalue weighted by atomic mass is 16.1. The third kappa shape index (κ3) is 2.85. The van der Waals surface area contributed by atoms with Crippen LogP contribution < -0.4 is 5.32 Å². The topological polar surface area (TPSA) is 37.3 Å². The van der Waals surface area contributed by atoms with Gasteiger partial charge in [0.2, 0.25) is 0 Å². The SMILES string of the molecule is CCN(CC)CCn1cc(C(=O)NC)c2ccccc21. The largest absolute Gasteiger partial charge is 0.355 e. The average molecular weight is 273 g/mol. The van der Waals surface area contributed by atoms with Crippen molar-refractivity contribution in [1.82, 2.24) is 14.8 Å². The highest BCUT2D eigenvalue weighted by Crippen LogP contribution is 2.21. The van der Waals surface area contributed by atoms with Crippen LogP contribution in [0.1, 0.15) is 24.2 Å². The number of aromatic nitrogens is 1. The molecule has 0 unspecified atom stereocenters. The summed E-state index contributed by atoms with van der Waals surface area (Å²) in [5.74, 6) is -0.0252. The van der Waals surface area contributed by atoms with E-state index in [1.54, 1.807) is 7.05 Å². The number of fused-ring (bicyclic) bond motifs is 1. The van der Waals surface area contributed by atoms with Gasteiger partial charge in [0, 0.05) is 37.2 Å². The van der Waals surface area contributed by atoms with E-state index in [-0.39, 0.29) is 5.91 Å². The standard InChI is InChI=1S/C16H23N3O/c1-4-18(5-2)10-11-19-12-14(16(20)17-3)13-8-6-7-9-15(13)19/h6-9,12H,4-5,10-11H2,1-3H3,(H,17,20). The number of hydrogen-bond acceptors (Lipinski definition) is 2. The molecule has 1 heterocycles. The lowest BCUT2D eigenvalue weighted by Gasteiger charge is -2.18. The van der Waals surface area contributed by atoms with Crippen LogP contribution in [0.2, 0.25) is 0 Å². The molecular formula is C16H23N3O. The average Bonchev–Trinajstić information content (AvgIpc) is 2.87. The molecule has 2 rings (SSSR count). The fraction of sp³-hybridized carbons (Fsp3) is 0.438. The molecule has 1 aromatic carbocycles. The van der Waals surface area contributed by atoms with E-state index in [0.717, 1.165) is 42.6 Å². The number of carbonyl (C=O) groups is 1. The Labute approximate surface area is 120 Å². The van der Waals surface area contributed by atoms with E-state index in [2.05, 4.69) is 34.7 Å². The molecule has 20 heavy (non-hydrogen) atoms. The second-order valence-electron chi connectivity index (χ2n) is 4.86. The molecule has 1 amide bonds. The van der Waals surface area contributed by atoms with Gasteiger partial charge in [-0.15, -0.1) is 0 Å². The van der Waals surface area contributed by atoms with Gasteiger partial charge in [0.05, 0.1) is 5.56 Å². The summed E-state index contributed by atoms with van der Waals surface area (Å²) in [4.78, 5) is 14.3. The summed E-state index contributed by atoms with van der Waals surface area (Å²) in [6, 6.07) is 8.07. The minimum absolute atomic E-state index is 0.0252. The molecule has 4 nitrogen and oxygen atoms in total. The number of hydrogen-bond donors (Lipinski definition) is 1. The van der Waals surface area contributed by atoms with Crippen molar-refractivity contribution in [1.29, 1.82) is 0 Å². The lowest BCUT2D eigenvalue weighted by molar-refractivity contribution is 0.0964. The molecular weight excluding hydrogens is 250 g/mol. The van der Waals surface area contributed by atoms with Crippen LogP contribution in [0.5, 0.6) is 0 Å². The third-order valence-corrected chi connectivity index (χ3v) is 3.81. The summed E-state index contributed by atoms with van der Waals surface area (Å²) in [6.45, 7) is 8.36. The first-order valence-corrected chi connectivity index (χ1v) is 7.23. The van der Waals surface area contributed by atoms with Crippen molar-refractivity contribution >= 4 is 16.8 Å². The smallest absolute Gasteiger partial charge is 0.253 e. The summed E-state index contributed by atoms with van der Waals surface area (Å²) >= 11 is 0. The number of para-hydroxylation sites is 1. The molecule has 2 aromatic rings. The van der Waals surface area contributed by atoms with E-state index in [4.69, 9.17) is 0 Å². The van der Waals surface area contributed by atoms with Gasteiger partial charge in [0.25, 0.3) is 5.91 Å². The Morgan fingerprint density at radius 2 is 1.95 bits per heavy atom. The molecule has 0 spiro atoms. The maximum absolute atomic E-state index is 12.0. The van der Waals surface area contributed by atoms with Gasteiger partial charge in [-0.25, -0.2) is 0 Å². The van der Waals surface area contributed by atoms with Gasteiger partial charge in [-0.2, -0.15) is 0 Å². The summed E-state index contributed by atoms with van der Waals surface area (Å²) in [7, 11) is 1.67. The van der Waals surface area contributed by atoms with Gasteiger partial charge < -0.3 is 14.8 Å². The molecule has 0 aliphatic carbocycles. The Kier molecular flexibility index (Phi) is 4.79. The Morgan fingerprint density at radius 3 is 2.60 bits per heavy atom. The van der Waals surface area contributed by atoms with Crippen molar-refractivity contribution in [2.45, 2.75) is 20.4 Å². The second kappa shape index (κ2) is 6.57. The van der Waals surface area contributed by atoms with Crippen molar-refractivity contribution in [2.24, 2.45) is 0 Å². The summed E-state index contributed by atoms with van der Waals surface area (Å²) in [5, 5.41) is 3.73. The molecule has 1 N–H and O–H groups in total. The first-order chi connectivity index (χ1) is 9.71. The number of likely N-dealkylation sites (N-methyl/N-ethyl adjacent to an activating group) is 1. The first-order valence-electron chi connectivity index (χ1n) is 7.23. The molecule has 0 aliphatic rings. The van der Waals surface area contributed by atoms with Gasteiger partial charge in [-0.05, 0) is 19.2 Å². The van der Waals surface area contributed by atoms with E-state index >= 15 is 0 Å². The number of nitrogens with zero attached hydrogens (tertiary/aromatic N) is 2. The van der Waals surface area contributed by atoms with Crippen LogP contribution in [0.25, 0.3) is 10.9 Å². The minimum Gasteiger partial charge on any atom is -0.355 e. The van der Waals surface area contributed by atoms with Crippen molar-refractivity contribution in [2.75, 3.05) is 26.7 Å². The number of carbonyl (C=O) groups excluding carboxylic acids is 1. The van der Waals surface area contributed by atoms with Crippen molar-refractivity contribution in [3.05, 3.63) is 36.0 Å². The van der Waals surface area contributed by atoms with Crippen LogP contribution in [0.4, 0.5) is 0 Å². The fourth-order valence-corrected chi connectivity index (χ4v) is 2.54. The zero-order valence-electron chi connectivity index (χ0n) is 12.5. The maximum Gasteiger partial charge on any atom is 0.253 e. The van der Waals surface area contributed by atoms with Crippen molar-refractivity contribution in [3.63, 3.8) is 0 Å².